The zero-order valence-corrected chi connectivity index (χ0v) is 12.4. The number of nitrogens with zero attached hydrogens (tertiary/aromatic N) is 3. The molecule has 0 aromatic carbocycles. The van der Waals surface area contributed by atoms with Gasteiger partial charge in [0.15, 0.2) is 0 Å². The number of ether oxygens (including phenoxy) is 1. The van der Waals surface area contributed by atoms with E-state index in [1.165, 1.54) is 5.56 Å². The van der Waals surface area contributed by atoms with Gasteiger partial charge >= 0.3 is 0 Å². The van der Waals surface area contributed by atoms with Crippen LogP contribution in [0.2, 0.25) is 0 Å². The predicted molar refractivity (Wildman–Crippen MR) is 76.3 cm³/mol. The molecule has 2 rings (SSSR count). The lowest BCUT2D eigenvalue weighted by Crippen LogP contribution is -2.40. The first-order chi connectivity index (χ1) is 9.16. The third kappa shape index (κ3) is 4.30. The number of aromatic nitrogens is 2. The van der Waals surface area contributed by atoms with Crippen molar-refractivity contribution in [1.29, 1.82) is 0 Å². The summed E-state index contributed by atoms with van der Waals surface area (Å²) in [5.41, 5.74) is 2.43. The van der Waals surface area contributed by atoms with E-state index in [1.807, 2.05) is 4.68 Å². The molecule has 1 N–H and O–H groups in total. The molecule has 0 unspecified atom stereocenters. The van der Waals surface area contributed by atoms with E-state index in [-0.39, 0.29) is 0 Å². The summed E-state index contributed by atoms with van der Waals surface area (Å²) >= 11 is 0. The van der Waals surface area contributed by atoms with Crippen molar-refractivity contribution in [3.05, 3.63) is 17.5 Å². The molecule has 0 atom stereocenters. The predicted octanol–water partition coefficient (Wildman–Crippen LogP) is 1.19. The lowest BCUT2D eigenvalue weighted by molar-refractivity contribution is 0.0384. The molecule has 0 aliphatic carbocycles. The number of nitrogens with one attached hydrogen (secondary N) is 1. The van der Waals surface area contributed by atoms with Gasteiger partial charge in [-0.15, -0.1) is 0 Å². The number of hydrogen-bond donors (Lipinski definition) is 1. The van der Waals surface area contributed by atoms with E-state index < -0.39 is 0 Å². The van der Waals surface area contributed by atoms with Crippen LogP contribution in [0, 0.1) is 6.92 Å². The Balaban J connectivity index is 1.70. The molecular weight excluding hydrogens is 240 g/mol. The van der Waals surface area contributed by atoms with Gasteiger partial charge in [-0.1, -0.05) is 0 Å². The molecule has 1 aromatic rings. The first-order valence-electron chi connectivity index (χ1n) is 7.22. The molecule has 1 saturated heterocycles. The SMILES string of the molecule is Cc1nn(C(C)C)cc1CNCCN1CCOCC1. The molecule has 1 aromatic heterocycles. The first kappa shape index (κ1) is 14.5. The van der Waals surface area contributed by atoms with Gasteiger partial charge in [-0.05, 0) is 20.8 Å². The Hall–Kier alpha value is -0.910. The van der Waals surface area contributed by atoms with Gasteiger partial charge in [0.2, 0.25) is 0 Å². The molecule has 0 saturated carbocycles. The zero-order chi connectivity index (χ0) is 13.7. The molecule has 5 nitrogen and oxygen atoms in total. The van der Waals surface area contributed by atoms with Crippen LogP contribution in [0.4, 0.5) is 0 Å². The van der Waals surface area contributed by atoms with Crippen LogP contribution in [0.5, 0.6) is 0 Å². The fourth-order valence-electron chi connectivity index (χ4n) is 2.24. The third-order valence-electron chi connectivity index (χ3n) is 3.57. The highest BCUT2D eigenvalue weighted by molar-refractivity contribution is 5.15. The molecule has 1 aliphatic heterocycles. The third-order valence-corrected chi connectivity index (χ3v) is 3.57. The smallest absolute Gasteiger partial charge is 0.0638 e. The molecule has 2 heterocycles. The summed E-state index contributed by atoms with van der Waals surface area (Å²) in [5, 5.41) is 8.03. The summed E-state index contributed by atoms with van der Waals surface area (Å²) in [5.74, 6) is 0. The maximum Gasteiger partial charge on any atom is 0.0638 e. The molecule has 0 amide bonds. The summed E-state index contributed by atoms with van der Waals surface area (Å²) in [6, 6.07) is 0.431. The second-order valence-electron chi connectivity index (χ2n) is 5.44. The van der Waals surface area contributed by atoms with Crippen molar-refractivity contribution in [3.63, 3.8) is 0 Å². The highest BCUT2D eigenvalue weighted by Crippen LogP contribution is 2.10. The molecule has 108 valence electrons. The Morgan fingerprint density at radius 3 is 2.74 bits per heavy atom. The molecule has 5 heteroatoms. The monoisotopic (exact) mass is 266 g/mol. The van der Waals surface area contributed by atoms with Crippen molar-refractivity contribution in [2.45, 2.75) is 33.4 Å². The Morgan fingerprint density at radius 2 is 2.11 bits per heavy atom. The molecule has 1 fully saturated rings. The average Bonchev–Trinajstić information content (AvgIpc) is 2.78. The molecule has 0 spiro atoms. The van der Waals surface area contributed by atoms with Crippen LogP contribution in [-0.4, -0.2) is 54.1 Å². The second-order valence-corrected chi connectivity index (χ2v) is 5.44. The van der Waals surface area contributed by atoms with Gasteiger partial charge in [-0.3, -0.25) is 9.58 Å². The normalized spacial score (nSPS) is 17.3. The Bertz CT molecular complexity index is 383. The summed E-state index contributed by atoms with van der Waals surface area (Å²) in [6.07, 6.45) is 2.15. The summed E-state index contributed by atoms with van der Waals surface area (Å²) < 4.78 is 7.38. The molecule has 0 radical (unpaired) electrons. The van der Waals surface area contributed by atoms with Crippen LogP contribution in [0.1, 0.15) is 31.1 Å². The van der Waals surface area contributed by atoms with Gasteiger partial charge in [0.1, 0.15) is 0 Å². The second kappa shape index (κ2) is 7.03. The standard InChI is InChI=1S/C14H26N4O/c1-12(2)18-11-14(13(3)16-18)10-15-4-5-17-6-8-19-9-7-17/h11-12,15H,4-10H2,1-3H3. The number of aryl methyl sites for hydroxylation is 1. The van der Waals surface area contributed by atoms with E-state index >= 15 is 0 Å². The fraction of sp³-hybridized carbons (Fsp3) is 0.786. The van der Waals surface area contributed by atoms with Crippen LogP contribution in [0.15, 0.2) is 6.20 Å². The minimum absolute atomic E-state index is 0.431. The average molecular weight is 266 g/mol. The highest BCUT2D eigenvalue weighted by Gasteiger charge is 2.10. The minimum atomic E-state index is 0.431. The van der Waals surface area contributed by atoms with Crippen molar-refractivity contribution >= 4 is 0 Å². The van der Waals surface area contributed by atoms with E-state index in [9.17, 15) is 0 Å². The minimum Gasteiger partial charge on any atom is -0.379 e. The van der Waals surface area contributed by atoms with Gasteiger partial charge in [0.05, 0.1) is 18.9 Å². The van der Waals surface area contributed by atoms with E-state index in [0.717, 1.165) is 51.6 Å². The molecule has 0 bridgehead atoms. The van der Waals surface area contributed by atoms with E-state index in [2.05, 4.69) is 42.3 Å². The lowest BCUT2D eigenvalue weighted by Gasteiger charge is -2.26. The van der Waals surface area contributed by atoms with Crippen molar-refractivity contribution in [2.24, 2.45) is 0 Å². The van der Waals surface area contributed by atoms with Crippen LogP contribution in [0.25, 0.3) is 0 Å². The van der Waals surface area contributed by atoms with Crippen LogP contribution >= 0.6 is 0 Å². The zero-order valence-electron chi connectivity index (χ0n) is 12.4. The maximum absolute atomic E-state index is 5.34. The molecule has 19 heavy (non-hydrogen) atoms. The maximum atomic E-state index is 5.34. The quantitative estimate of drug-likeness (QED) is 0.786. The molecule has 1 aliphatic rings. The van der Waals surface area contributed by atoms with Crippen LogP contribution < -0.4 is 5.32 Å². The van der Waals surface area contributed by atoms with Gasteiger partial charge in [0.25, 0.3) is 0 Å². The van der Waals surface area contributed by atoms with Gasteiger partial charge in [-0.25, -0.2) is 0 Å². The summed E-state index contributed by atoms with van der Waals surface area (Å²) in [4.78, 5) is 2.45. The Labute approximate surface area is 115 Å². The van der Waals surface area contributed by atoms with Crippen LogP contribution in [0.3, 0.4) is 0 Å². The van der Waals surface area contributed by atoms with E-state index in [0.29, 0.717) is 6.04 Å². The largest absolute Gasteiger partial charge is 0.379 e. The number of morpholine rings is 1. The van der Waals surface area contributed by atoms with Gasteiger partial charge in [-0.2, -0.15) is 5.10 Å². The van der Waals surface area contributed by atoms with Gasteiger partial charge in [0, 0.05) is 50.5 Å². The van der Waals surface area contributed by atoms with Crippen molar-refractivity contribution in [1.82, 2.24) is 20.0 Å². The van der Waals surface area contributed by atoms with Crippen molar-refractivity contribution < 1.29 is 4.74 Å². The summed E-state index contributed by atoms with van der Waals surface area (Å²) in [7, 11) is 0. The topological polar surface area (TPSA) is 42.3 Å². The van der Waals surface area contributed by atoms with Crippen molar-refractivity contribution in [3.8, 4) is 0 Å². The van der Waals surface area contributed by atoms with E-state index in [1.54, 1.807) is 0 Å². The lowest BCUT2D eigenvalue weighted by atomic mass is 10.2. The Morgan fingerprint density at radius 1 is 1.37 bits per heavy atom. The summed E-state index contributed by atoms with van der Waals surface area (Å²) in [6.45, 7) is 13.3. The van der Waals surface area contributed by atoms with Crippen molar-refractivity contribution in [2.75, 3.05) is 39.4 Å². The first-order valence-corrected chi connectivity index (χ1v) is 7.22. The van der Waals surface area contributed by atoms with Gasteiger partial charge < -0.3 is 10.1 Å². The van der Waals surface area contributed by atoms with Crippen LogP contribution in [-0.2, 0) is 11.3 Å². The highest BCUT2D eigenvalue weighted by atomic mass is 16.5. The number of rotatable bonds is 6. The fourth-order valence-corrected chi connectivity index (χ4v) is 2.24. The number of hydrogen-bond acceptors (Lipinski definition) is 4. The Kier molecular flexibility index (Phi) is 5.36. The van der Waals surface area contributed by atoms with E-state index in [4.69, 9.17) is 4.74 Å². The molecular formula is C14H26N4O.